The highest BCUT2D eigenvalue weighted by atomic mass is 32.2. The summed E-state index contributed by atoms with van der Waals surface area (Å²) < 4.78 is 12.5. The van der Waals surface area contributed by atoms with Gasteiger partial charge in [0.05, 0.1) is 16.6 Å². The predicted molar refractivity (Wildman–Crippen MR) is 92.7 cm³/mol. The van der Waals surface area contributed by atoms with E-state index in [4.69, 9.17) is 0 Å². The van der Waals surface area contributed by atoms with Gasteiger partial charge >= 0.3 is 0 Å². The third-order valence-electron chi connectivity index (χ3n) is 3.96. The molecule has 1 aromatic heterocycles. The largest absolute Gasteiger partial charge is 0.385 e. The fourth-order valence-corrected chi connectivity index (χ4v) is 3.52. The zero-order valence-electron chi connectivity index (χ0n) is 14.0. The maximum Gasteiger partial charge on any atom is 0.196 e. The van der Waals surface area contributed by atoms with Crippen molar-refractivity contribution in [2.24, 2.45) is 5.92 Å². The Kier molecular flexibility index (Phi) is 5.40. The van der Waals surface area contributed by atoms with Crippen molar-refractivity contribution < 1.29 is 4.21 Å². The molecule has 0 aliphatic carbocycles. The first-order valence-electron chi connectivity index (χ1n) is 7.61. The van der Waals surface area contributed by atoms with Crippen LogP contribution in [-0.4, -0.2) is 20.7 Å². The molecule has 0 aliphatic rings. The molecule has 0 amide bonds. The Morgan fingerprint density at radius 1 is 1.27 bits per heavy atom. The number of aryl methyl sites for hydroxylation is 1. The molecule has 4 nitrogen and oxygen atoms in total. The summed E-state index contributed by atoms with van der Waals surface area (Å²) in [6.07, 6.45) is 3.34. The van der Waals surface area contributed by atoms with Gasteiger partial charge in [0.2, 0.25) is 0 Å². The molecule has 1 atom stereocenters. The van der Waals surface area contributed by atoms with Gasteiger partial charge in [-0.25, -0.2) is 4.98 Å². The van der Waals surface area contributed by atoms with Crippen LogP contribution in [0.4, 0.5) is 5.69 Å². The number of hydrogen-bond acceptors (Lipinski definition) is 3. The van der Waals surface area contributed by atoms with Crippen LogP contribution in [0.3, 0.4) is 0 Å². The Balaban J connectivity index is 2.34. The normalized spacial score (nSPS) is 12.6. The minimum atomic E-state index is -1.16. The molecule has 1 aromatic carbocycles. The average Bonchev–Trinajstić information content (AvgIpc) is 3.00. The van der Waals surface area contributed by atoms with E-state index in [1.54, 1.807) is 12.4 Å². The van der Waals surface area contributed by atoms with E-state index in [0.29, 0.717) is 16.8 Å². The minimum absolute atomic E-state index is 0.473. The van der Waals surface area contributed by atoms with Crippen molar-refractivity contribution in [1.82, 2.24) is 9.97 Å². The van der Waals surface area contributed by atoms with Crippen molar-refractivity contribution in [3.8, 4) is 0 Å². The third kappa shape index (κ3) is 3.77. The Morgan fingerprint density at radius 2 is 2.00 bits per heavy atom. The number of aromatic nitrogens is 2. The van der Waals surface area contributed by atoms with Crippen molar-refractivity contribution in [2.75, 3.05) is 11.9 Å². The van der Waals surface area contributed by atoms with Gasteiger partial charge in [0, 0.05) is 24.6 Å². The quantitative estimate of drug-likeness (QED) is 0.853. The zero-order chi connectivity index (χ0) is 16.3. The average molecular weight is 319 g/mol. The number of aromatic amines is 1. The second-order valence-electron chi connectivity index (χ2n) is 6.13. The van der Waals surface area contributed by atoms with E-state index in [1.807, 2.05) is 0 Å². The van der Waals surface area contributed by atoms with E-state index in [-0.39, 0.29) is 0 Å². The topological polar surface area (TPSA) is 57.8 Å². The monoisotopic (exact) mass is 319 g/mol. The van der Waals surface area contributed by atoms with Crippen molar-refractivity contribution in [1.29, 1.82) is 0 Å². The first-order valence-corrected chi connectivity index (χ1v) is 8.93. The van der Waals surface area contributed by atoms with Gasteiger partial charge in [-0.2, -0.15) is 0 Å². The smallest absolute Gasteiger partial charge is 0.196 e. The van der Waals surface area contributed by atoms with E-state index in [9.17, 15) is 4.21 Å². The van der Waals surface area contributed by atoms with Crippen LogP contribution in [0.5, 0.6) is 0 Å². The van der Waals surface area contributed by atoms with Crippen LogP contribution in [0.15, 0.2) is 23.6 Å². The van der Waals surface area contributed by atoms with Gasteiger partial charge in [-0.3, -0.25) is 4.21 Å². The summed E-state index contributed by atoms with van der Waals surface area (Å²) in [7, 11) is -1.16. The summed E-state index contributed by atoms with van der Waals surface area (Å²) in [4.78, 5) is 7.05. The van der Waals surface area contributed by atoms with Gasteiger partial charge in [0.25, 0.3) is 0 Å². The fourth-order valence-electron chi connectivity index (χ4n) is 2.37. The number of anilines is 1. The Hall–Kier alpha value is -1.62. The van der Waals surface area contributed by atoms with Crippen molar-refractivity contribution >= 4 is 16.5 Å². The summed E-state index contributed by atoms with van der Waals surface area (Å²) in [5, 5.41) is 4.04. The van der Waals surface area contributed by atoms with Gasteiger partial charge in [0.1, 0.15) is 0 Å². The summed E-state index contributed by atoms with van der Waals surface area (Å²) >= 11 is 0. The Bertz CT molecular complexity index is 663. The van der Waals surface area contributed by atoms with Gasteiger partial charge < -0.3 is 10.3 Å². The third-order valence-corrected chi connectivity index (χ3v) is 5.16. The van der Waals surface area contributed by atoms with Crippen molar-refractivity contribution in [3.05, 3.63) is 40.7 Å². The summed E-state index contributed by atoms with van der Waals surface area (Å²) in [5.41, 5.74) is 5.96. The lowest BCUT2D eigenvalue weighted by atomic mass is 9.97. The fraction of sp³-hybridized carbons (Fsp3) is 0.471. The Morgan fingerprint density at radius 3 is 2.59 bits per heavy atom. The minimum Gasteiger partial charge on any atom is -0.385 e. The van der Waals surface area contributed by atoms with E-state index in [1.165, 1.54) is 16.7 Å². The number of nitrogens with one attached hydrogen (secondary N) is 2. The second kappa shape index (κ2) is 7.09. The molecule has 0 bridgehead atoms. The standard InChI is InChI=1S/C17H25N3OS/c1-11(2)9-20-16-8-12(3)13(4)14(5)15(16)10-22(21)17-18-6-7-19-17/h6-8,11,20H,9-10H2,1-5H3,(H,18,19). The summed E-state index contributed by atoms with van der Waals surface area (Å²) in [6.45, 7) is 11.6. The van der Waals surface area contributed by atoms with Crippen molar-refractivity contribution in [3.63, 3.8) is 0 Å². The van der Waals surface area contributed by atoms with Crippen LogP contribution in [0.1, 0.15) is 36.1 Å². The lowest BCUT2D eigenvalue weighted by Crippen LogP contribution is -2.12. The second-order valence-corrected chi connectivity index (χ2v) is 7.49. The number of benzene rings is 1. The number of nitrogens with zero attached hydrogens (tertiary/aromatic N) is 1. The van der Waals surface area contributed by atoms with Crippen LogP contribution >= 0.6 is 0 Å². The summed E-state index contributed by atoms with van der Waals surface area (Å²) in [6, 6.07) is 2.17. The number of H-pyrrole nitrogens is 1. The van der Waals surface area contributed by atoms with Crippen molar-refractivity contribution in [2.45, 2.75) is 45.5 Å². The van der Waals surface area contributed by atoms with Crippen LogP contribution in [0.2, 0.25) is 0 Å². The molecule has 2 N–H and O–H groups in total. The molecular weight excluding hydrogens is 294 g/mol. The van der Waals surface area contributed by atoms with Gasteiger partial charge in [-0.15, -0.1) is 0 Å². The van der Waals surface area contributed by atoms with Gasteiger partial charge in [-0.05, 0) is 55.0 Å². The van der Waals surface area contributed by atoms with Crippen LogP contribution in [0.25, 0.3) is 0 Å². The number of rotatable bonds is 6. The summed E-state index contributed by atoms with van der Waals surface area (Å²) in [5.74, 6) is 1.03. The van der Waals surface area contributed by atoms with Crippen LogP contribution < -0.4 is 5.32 Å². The molecule has 5 heteroatoms. The molecule has 2 aromatic rings. The number of imidazole rings is 1. The molecule has 0 saturated heterocycles. The van der Waals surface area contributed by atoms with E-state index in [0.717, 1.165) is 17.8 Å². The maximum atomic E-state index is 12.5. The molecule has 0 spiro atoms. The SMILES string of the molecule is Cc1cc(NCC(C)C)c(CS(=O)c2ncc[nH]2)c(C)c1C. The highest BCUT2D eigenvalue weighted by molar-refractivity contribution is 7.84. The van der Waals surface area contributed by atoms with E-state index < -0.39 is 10.8 Å². The molecule has 22 heavy (non-hydrogen) atoms. The van der Waals surface area contributed by atoms with Gasteiger partial charge in [-0.1, -0.05) is 13.8 Å². The predicted octanol–water partition coefficient (Wildman–Crippen LogP) is 3.71. The lowest BCUT2D eigenvalue weighted by molar-refractivity contribution is 0.676. The highest BCUT2D eigenvalue weighted by Crippen LogP contribution is 2.28. The molecular formula is C17H25N3OS. The lowest BCUT2D eigenvalue weighted by Gasteiger charge is -2.19. The maximum absolute atomic E-state index is 12.5. The van der Waals surface area contributed by atoms with Crippen LogP contribution in [-0.2, 0) is 16.6 Å². The molecule has 1 heterocycles. The Labute approximate surface area is 135 Å². The highest BCUT2D eigenvalue weighted by Gasteiger charge is 2.16. The van der Waals surface area contributed by atoms with E-state index >= 15 is 0 Å². The van der Waals surface area contributed by atoms with E-state index in [2.05, 4.69) is 56.0 Å². The molecule has 2 rings (SSSR count). The molecule has 120 valence electrons. The molecule has 0 radical (unpaired) electrons. The zero-order valence-corrected chi connectivity index (χ0v) is 14.8. The first kappa shape index (κ1) is 16.7. The first-order chi connectivity index (χ1) is 10.4. The number of hydrogen-bond donors (Lipinski definition) is 2. The molecule has 1 unspecified atom stereocenters. The molecule has 0 saturated carbocycles. The molecule has 0 fully saturated rings. The molecule has 0 aliphatic heterocycles. The van der Waals surface area contributed by atoms with Crippen LogP contribution in [0, 0.1) is 26.7 Å². The van der Waals surface area contributed by atoms with Gasteiger partial charge in [0.15, 0.2) is 5.16 Å².